The average Bonchev–Trinajstić information content (AvgIpc) is 2.70. The summed E-state index contributed by atoms with van der Waals surface area (Å²) in [6.45, 7) is -0.264. The Morgan fingerprint density at radius 2 is 1.89 bits per heavy atom. The van der Waals surface area contributed by atoms with Crippen molar-refractivity contribution in [2.75, 3.05) is 20.2 Å². The Hall–Kier alpha value is -0.860. The predicted molar refractivity (Wildman–Crippen MR) is 68.8 cm³/mol. The summed E-state index contributed by atoms with van der Waals surface area (Å²) in [5, 5.41) is 19.0. The van der Waals surface area contributed by atoms with E-state index < -0.39 is 22.2 Å². The Bertz CT molecular complexity index is 566. The number of aliphatic hydroxyl groups excluding tert-OH is 2. The quantitative estimate of drug-likeness (QED) is 0.825. The van der Waals surface area contributed by atoms with Crippen LogP contribution in [0.5, 0.6) is 5.75 Å². The molecule has 0 saturated carbocycles. The Morgan fingerprint density at radius 3 is 2.37 bits per heavy atom. The van der Waals surface area contributed by atoms with Crippen LogP contribution in [-0.2, 0) is 10.0 Å². The highest BCUT2D eigenvalue weighted by atomic mass is 35.5. The molecule has 1 aliphatic rings. The van der Waals surface area contributed by atoms with E-state index in [1.165, 1.54) is 25.3 Å². The zero-order chi connectivity index (χ0) is 14.2. The van der Waals surface area contributed by atoms with Crippen LogP contribution in [0.2, 0.25) is 5.02 Å². The molecule has 1 fully saturated rings. The van der Waals surface area contributed by atoms with Crippen LogP contribution in [0.3, 0.4) is 0 Å². The number of ether oxygens (including phenoxy) is 1. The smallest absolute Gasteiger partial charge is 0.243 e. The van der Waals surface area contributed by atoms with Gasteiger partial charge in [0.05, 0.1) is 29.2 Å². The van der Waals surface area contributed by atoms with Crippen LogP contribution in [0.25, 0.3) is 0 Å². The Kier molecular flexibility index (Phi) is 4.03. The van der Waals surface area contributed by atoms with Gasteiger partial charge in [-0.25, -0.2) is 8.42 Å². The monoisotopic (exact) mass is 307 g/mol. The third-order valence-electron chi connectivity index (χ3n) is 2.99. The first-order chi connectivity index (χ1) is 8.86. The molecule has 0 unspecified atom stereocenters. The first-order valence-electron chi connectivity index (χ1n) is 5.56. The van der Waals surface area contributed by atoms with Gasteiger partial charge in [0, 0.05) is 13.1 Å². The zero-order valence-electron chi connectivity index (χ0n) is 10.2. The van der Waals surface area contributed by atoms with E-state index in [2.05, 4.69) is 0 Å². The predicted octanol–water partition coefficient (Wildman–Crippen LogP) is 0.0747. The van der Waals surface area contributed by atoms with Gasteiger partial charge in [0.15, 0.2) is 0 Å². The summed E-state index contributed by atoms with van der Waals surface area (Å²) in [5.74, 6) is 0.377. The van der Waals surface area contributed by atoms with Crippen LogP contribution in [0.15, 0.2) is 23.1 Å². The number of methoxy groups -OCH3 is 1. The van der Waals surface area contributed by atoms with Crippen molar-refractivity contribution < 1.29 is 23.4 Å². The van der Waals surface area contributed by atoms with Crippen molar-refractivity contribution in [3.63, 3.8) is 0 Å². The molecular formula is C11H14ClNO5S. The summed E-state index contributed by atoms with van der Waals surface area (Å²) in [6, 6.07) is 4.11. The molecule has 1 heterocycles. The van der Waals surface area contributed by atoms with Gasteiger partial charge < -0.3 is 14.9 Å². The number of hydrogen-bond donors (Lipinski definition) is 2. The lowest BCUT2D eigenvalue weighted by atomic mass is 10.3. The number of hydrogen-bond acceptors (Lipinski definition) is 5. The van der Waals surface area contributed by atoms with E-state index in [1.54, 1.807) is 0 Å². The fraction of sp³-hybridized carbons (Fsp3) is 0.455. The topological polar surface area (TPSA) is 87.1 Å². The highest BCUT2D eigenvalue weighted by Gasteiger charge is 2.37. The van der Waals surface area contributed by atoms with Crippen molar-refractivity contribution >= 4 is 21.6 Å². The van der Waals surface area contributed by atoms with Gasteiger partial charge in [-0.1, -0.05) is 11.6 Å². The second-order valence-electron chi connectivity index (χ2n) is 4.25. The van der Waals surface area contributed by atoms with Gasteiger partial charge in [0.1, 0.15) is 5.75 Å². The van der Waals surface area contributed by atoms with Crippen molar-refractivity contribution in [3.8, 4) is 5.75 Å². The minimum atomic E-state index is -3.78. The number of benzene rings is 1. The first kappa shape index (κ1) is 14.5. The van der Waals surface area contributed by atoms with E-state index in [1.807, 2.05) is 0 Å². The van der Waals surface area contributed by atoms with Crippen molar-refractivity contribution in [1.29, 1.82) is 0 Å². The summed E-state index contributed by atoms with van der Waals surface area (Å²) < 4.78 is 30.5. The molecule has 19 heavy (non-hydrogen) atoms. The van der Waals surface area contributed by atoms with Crippen LogP contribution in [-0.4, -0.2) is 55.3 Å². The molecule has 106 valence electrons. The highest BCUT2D eigenvalue weighted by molar-refractivity contribution is 7.89. The Balaban J connectivity index is 2.33. The molecule has 1 aromatic rings. The molecule has 2 rings (SSSR count). The van der Waals surface area contributed by atoms with Crippen LogP contribution in [0, 0.1) is 0 Å². The maximum Gasteiger partial charge on any atom is 0.243 e. The fourth-order valence-electron chi connectivity index (χ4n) is 1.89. The van der Waals surface area contributed by atoms with Gasteiger partial charge in [0.2, 0.25) is 10.0 Å². The Morgan fingerprint density at radius 1 is 1.32 bits per heavy atom. The summed E-state index contributed by atoms with van der Waals surface area (Å²) in [7, 11) is -2.35. The summed E-state index contributed by atoms with van der Waals surface area (Å²) in [6.07, 6.45) is -2.13. The number of sulfonamides is 1. The SMILES string of the molecule is COc1ccc(S(=O)(=O)N2C[C@@H](O)[C@@H](O)C2)cc1Cl. The third kappa shape index (κ3) is 2.70. The number of rotatable bonds is 3. The van der Waals surface area contributed by atoms with E-state index in [9.17, 15) is 18.6 Å². The number of aliphatic hydroxyl groups is 2. The largest absolute Gasteiger partial charge is 0.495 e. The lowest BCUT2D eigenvalue weighted by Gasteiger charge is -2.16. The minimum absolute atomic E-state index is 0.000370. The molecule has 1 saturated heterocycles. The summed E-state index contributed by atoms with van der Waals surface area (Å²) >= 11 is 5.89. The van der Waals surface area contributed by atoms with Crippen LogP contribution in [0.4, 0.5) is 0 Å². The molecule has 0 amide bonds. The van der Waals surface area contributed by atoms with Crippen molar-refractivity contribution in [2.45, 2.75) is 17.1 Å². The van der Waals surface area contributed by atoms with Crippen LogP contribution >= 0.6 is 11.6 Å². The highest BCUT2D eigenvalue weighted by Crippen LogP contribution is 2.29. The molecule has 0 bridgehead atoms. The van der Waals surface area contributed by atoms with Gasteiger partial charge in [0.25, 0.3) is 0 Å². The zero-order valence-corrected chi connectivity index (χ0v) is 11.7. The van der Waals surface area contributed by atoms with Gasteiger partial charge in [-0.3, -0.25) is 0 Å². The molecule has 1 aliphatic heterocycles. The van der Waals surface area contributed by atoms with E-state index >= 15 is 0 Å². The van der Waals surface area contributed by atoms with Gasteiger partial charge in [-0.05, 0) is 18.2 Å². The minimum Gasteiger partial charge on any atom is -0.495 e. The van der Waals surface area contributed by atoms with Gasteiger partial charge in [-0.15, -0.1) is 0 Å². The second-order valence-corrected chi connectivity index (χ2v) is 6.60. The molecule has 1 aromatic carbocycles. The van der Waals surface area contributed by atoms with Crippen molar-refractivity contribution in [3.05, 3.63) is 23.2 Å². The molecule has 2 atom stereocenters. The van der Waals surface area contributed by atoms with Crippen molar-refractivity contribution in [2.24, 2.45) is 0 Å². The van der Waals surface area contributed by atoms with Gasteiger partial charge >= 0.3 is 0 Å². The van der Waals surface area contributed by atoms with E-state index in [-0.39, 0.29) is 23.0 Å². The number of nitrogens with zero attached hydrogens (tertiary/aromatic N) is 1. The van der Waals surface area contributed by atoms with Crippen LogP contribution < -0.4 is 4.74 Å². The summed E-state index contributed by atoms with van der Waals surface area (Å²) in [4.78, 5) is -0.000370. The molecule has 2 N–H and O–H groups in total. The number of halogens is 1. The average molecular weight is 308 g/mol. The molecular weight excluding hydrogens is 294 g/mol. The third-order valence-corrected chi connectivity index (χ3v) is 5.11. The molecule has 0 aliphatic carbocycles. The molecule has 8 heteroatoms. The summed E-state index contributed by atoms with van der Waals surface area (Å²) in [5.41, 5.74) is 0. The molecule has 6 nitrogen and oxygen atoms in total. The molecule has 0 spiro atoms. The molecule has 0 radical (unpaired) electrons. The van der Waals surface area contributed by atoms with Crippen LogP contribution in [0.1, 0.15) is 0 Å². The molecule has 0 aromatic heterocycles. The lowest BCUT2D eigenvalue weighted by Crippen LogP contribution is -2.30. The standard InChI is InChI=1S/C11H14ClNO5S/c1-18-11-3-2-7(4-8(11)12)19(16,17)13-5-9(14)10(15)6-13/h2-4,9-10,14-15H,5-6H2,1H3/t9-,10+. The lowest BCUT2D eigenvalue weighted by molar-refractivity contribution is 0.0572. The first-order valence-corrected chi connectivity index (χ1v) is 7.38. The number of β-amino-alcohol motifs (C(OH)–C–C–N with tert-alkyl or cyclic N) is 2. The normalized spacial score (nSPS) is 24.6. The van der Waals surface area contributed by atoms with E-state index in [0.29, 0.717) is 5.75 Å². The van der Waals surface area contributed by atoms with Gasteiger partial charge in [-0.2, -0.15) is 4.31 Å². The maximum atomic E-state index is 12.3. The van der Waals surface area contributed by atoms with Crippen molar-refractivity contribution in [1.82, 2.24) is 4.31 Å². The maximum absolute atomic E-state index is 12.3. The van der Waals surface area contributed by atoms with E-state index in [4.69, 9.17) is 16.3 Å². The van der Waals surface area contributed by atoms with E-state index in [0.717, 1.165) is 4.31 Å². The second kappa shape index (κ2) is 5.26. The Labute approximate surface area is 116 Å². The fourth-order valence-corrected chi connectivity index (χ4v) is 3.71.